The Bertz CT molecular complexity index is 2130. The summed E-state index contributed by atoms with van der Waals surface area (Å²) in [7, 11) is 3.12. The standard InChI is InChI=1S/C22H23N3O2.C21H20N2O3.CH5N/c1-15-10-17(8-9-20(15)19-13-24-25-14-19)21(26)11-18(12-22(27)23-2)16-6-4-3-5-7-16;1-14-9-16(7-8-19(14)18-12-22-23-13-18)20(24)10-17(11-21(25)26)15-5-3-2-4-6-15;1-2/h3-10,13-14,18H,11-12H2,1-2H3,(H,23,27)(H,24,25);2-9,12-13,17H,10-11H2,1H3,(H,22,23)(H,25,26);2H2,1H3/t18-;17-;/m11./s1. The molecule has 284 valence electrons. The van der Waals surface area contributed by atoms with Crippen molar-refractivity contribution in [2.75, 3.05) is 14.1 Å². The highest BCUT2D eigenvalue weighted by molar-refractivity contribution is 5.98. The van der Waals surface area contributed by atoms with Gasteiger partial charge in [-0.05, 0) is 72.3 Å². The number of nitrogens with zero attached hydrogens (tertiary/aromatic N) is 2. The number of nitrogens with two attached hydrogens (primary N) is 1. The van der Waals surface area contributed by atoms with Crippen molar-refractivity contribution in [1.29, 1.82) is 0 Å². The summed E-state index contributed by atoms with van der Waals surface area (Å²) >= 11 is 0. The Balaban J connectivity index is 0.000000234. The molecule has 0 saturated carbocycles. The Labute approximate surface area is 321 Å². The average Bonchev–Trinajstić information content (AvgIpc) is 3.95. The van der Waals surface area contributed by atoms with E-state index in [0.717, 1.165) is 44.5 Å². The zero-order valence-electron chi connectivity index (χ0n) is 31.6. The number of benzene rings is 4. The molecule has 55 heavy (non-hydrogen) atoms. The lowest BCUT2D eigenvalue weighted by Crippen LogP contribution is -2.22. The number of hydrogen-bond acceptors (Lipinski definition) is 7. The number of carbonyl (C=O) groups excluding carboxylic acids is 3. The molecule has 0 radical (unpaired) electrons. The van der Waals surface area contributed by atoms with Crippen LogP contribution in [0.15, 0.2) is 122 Å². The normalized spacial score (nSPS) is 11.5. The first kappa shape index (κ1) is 41.3. The SMILES string of the molecule is CN.CNC(=O)C[C@@H](CC(=O)c1ccc(-c2cn[nH]c2)c(C)c1)c1ccccc1.Cc1cc(C(=O)C[C@H](CC(=O)O)c2ccccc2)ccc1-c1cn[nH]c1. The summed E-state index contributed by atoms with van der Waals surface area (Å²) in [6.45, 7) is 3.93. The lowest BCUT2D eigenvalue weighted by Gasteiger charge is -2.16. The van der Waals surface area contributed by atoms with Gasteiger partial charge in [0.25, 0.3) is 0 Å². The molecule has 0 fully saturated rings. The minimum absolute atomic E-state index is 0.0367. The van der Waals surface area contributed by atoms with Crippen molar-refractivity contribution >= 4 is 23.4 Å². The van der Waals surface area contributed by atoms with E-state index in [9.17, 15) is 24.3 Å². The Morgan fingerprint density at radius 3 is 1.40 bits per heavy atom. The lowest BCUT2D eigenvalue weighted by molar-refractivity contribution is -0.137. The van der Waals surface area contributed by atoms with Gasteiger partial charge in [0.05, 0.1) is 18.8 Å². The highest BCUT2D eigenvalue weighted by atomic mass is 16.4. The number of aromatic nitrogens is 4. The third-order valence-corrected chi connectivity index (χ3v) is 9.25. The lowest BCUT2D eigenvalue weighted by atomic mass is 9.88. The number of amides is 1. The molecule has 2 heterocycles. The number of aliphatic carboxylic acids is 1. The molecule has 11 nitrogen and oxygen atoms in total. The van der Waals surface area contributed by atoms with Crippen LogP contribution >= 0.6 is 0 Å². The topological polar surface area (TPSA) is 184 Å². The fourth-order valence-electron chi connectivity index (χ4n) is 6.40. The Hall–Kier alpha value is -6.46. The minimum Gasteiger partial charge on any atom is -0.481 e. The number of ketones is 2. The maximum atomic E-state index is 12.9. The van der Waals surface area contributed by atoms with Crippen LogP contribution < -0.4 is 11.1 Å². The minimum atomic E-state index is -0.905. The van der Waals surface area contributed by atoms with E-state index < -0.39 is 5.97 Å². The van der Waals surface area contributed by atoms with Gasteiger partial charge < -0.3 is 16.2 Å². The largest absolute Gasteiger partial charge is 0.481 e. The van der Waals surface area contributed by atoms with Crippen LogP contribution in [0.25, 0.3) is 22.3 Å². The van der Waals surface area contributed by atoms with Crippen molar-refractivity contribution in [1.82, 2.24) is 25.7 Å². The first-order chi connectivity index (χ1) is 26.6. The van der Waals surface area contributed by atoms with Crippen LogP contribution in [0.1, 0.15) is 80.5 Å². The fraction of sp³-hybridized carbons (Fsp3) is 0.227. The van der Waals surface area contributed by atoms with Crippen molar-refractivity contribution in [3.63, 3.8) is 0 Å². The number of Topliss-reactive ketones (excluding diaryl/α,β-unsaturated/α-hetero) is 2. The maximum Gasteiger partial charge on any atom is 0.303 e. The summed E-state index contributed by atoms with van der Waals surface area (Å²) in [5.74, 6) is -1.47. The second kappa shape index (κ2) is 20.7. The molecule has 6 N–H and O–H groups in total. The molecule has 1 amide bonds. The van der Waals surface area contributed by atoms with Gasteiger partial charge in [0.1, 0.15) is 0 Å². The van der Waals surface area contributed by atoms with Gasteiger partial charge in [-0.1, -0.05) is 84.9 Å². The van der Waals surface area contributed by atoms with Gasteiger partial charge in [-0.3, -0.25) is 29.4 Å². The fourth-order valence-corrected chi connectivity index (χ4v) is 6.40. The Morgan fingerprint density at radius 1 is 0.636 bits per heavy atom. The van der Waals surface area contributed by atoms with Crippen molar-refractivity contribution in [3.05, 3.63) is 155 Å². The van der Waals surface area contributed by atoms with E-state index in [-0.39, 0.29) is 42.2 Å². The predicted octanol–water partition coefficient (Wildman–Crippen LogP) is 7.67. The van der Waals surface area contributed by atoms with Gasteiger partial charge in [0.2, 0.25) is 5.91 Å². The second-order valence-corrected chi connectivity index (χ2v) is 13.0. The zero-order chi connectivity index (χ0) is 39.7. The van der Waals surface area contributed by atoms with Gasteiger partial charge in [-0.2, -0.15) is 10.2 Å². The summed E-state index contributed by atoms with van der Waals surface area (Å²) in [4.78, 5) is 48.8. The first-order valence-corrected chi connectivity index (χ1v) is 18.0. The monoisotopic (exact) mass is 740 g/mol. The van der Waals surface area contributed by atoms with E-state index in [1.165, 1.54) is 7.05 Å². The number of aromatic amines is 2. The molecule has 0 aliphatic heterocycles. The third kappa shape index (κ3) is 11.8. The van der Waals surface area contributed by atoms with E-state index in [0.29, 0.717) is 24.0 Å². The average molecular weight is 741 g/mol. The summed E-state index contributed by atoms with van der Waals surface area (Å²) in [6.07, 6.45) is 7.82. The number of carbonyl (C=O) groups is 4. The molecule has 0 saturated heterocycles. The number of rotatable bonds is 14. The van der Waals surface area contributed by atoms with Gasteiger partial charge in [-0.15, -0.1) is 0 Å². The summed E-state index contributed by atoms with van der Waals surface area (Å²) in [6, 6.07) is 30.3. The number of nitrogens with one attached hydrogen (secondary N) is 3. The summed E-state index contributed by atoms with van der Waals surface area (Å²) in [5.41, 5.74) is 13.7. The highest BCUT2D eigenvalue weighted by Crippen LogP contribution is 2.30. The van der Waals surface area contributed by atoms with Crippen LogP contribution in [-0.4, -0.2) is 63.0 Å². The van der Waals surface area contributed by atoms with Gasteiger partial charge in [-0.25, -0.2) is 0 Å². The predicted molar refractivity (Wildman–Crippen MR) is 215 cm³/mol. The molecule has 0 unspecified atom stereocenters. The summed E-state index contributed by atoms with van der Waals surface area (Å²) in [5, 5.41) is 25.4. The Kier molecular flexibility index (Phi) is 15.5. The maximum absolute atomic E-state index is 12.9. The second-order valence-electron chi connectivity index (χ2n) is 13.0. The van der Waals surface area contributed by atoms with Crippen LogP contribution in [-0.2, 0) is 9.59 Å². The zero-order valence-corrected chi connectivity index (χ0v) is 31.6. The van der Waals surface area contributed by atoms with Crippen molar-refractivity contribution in [2.24, 2.45) is 5.73 Å². The number of H-pyrrole nitrogens is 2. The van der Waals surface area contributed by atoms with Crippen LogP contribution in [0.3, 0.4) is 0 Å². The number of hydrogen-bond donors (Lipinski definition) is 5. The van der Waals surface area contributed by atoms with E-state index in [1.807, 2.05) is 117 Å². The number of carboxylic acid groups (broad SMARTS) is 1. The quantitative estimate of drug-likeness (QED) is 0.0705. The molecule has 0 aliphatic rings. The van der Waals surface area contributed by atoms with E-state index >= 15 is 0 Å². The molecule has 6 rings (SSSR count). The van der Waals surface area contributed by atoms with Crippen molar-refractivity contribution in [3.8, 4) is 22.3 Å². The van der Waals surface area contributed by atoms with E-state index in [2.05, 4.69) is 31.4 Å². The smallest absolute Gasteiger partial charge is 0.303 e. The van der Waals surface area contributed by atoms with Crippen LogP contribution in [0, 0.1) is 13.8 Å². The third-order valence-electron chi connectivity index (χ3n) is 9.25. The molecule has 0 bridgehead atoms. The molecular formula is C44H48N6O5. The molecular weight excluding hydrogens is 693 g/mol. The van der Waals surface area contributed by atoms with E-state index in [4.69, 9.17) is 0 Å². The number of aryl methyl sites for hydroxylation is 2. The molecule has 0 aliphatic carbocycles. The van der Waals surface area contributed by atoms with Crippen molar-refractivity contribution in [2.45, 2.75) is 51.4 Å². The van der Waals surface area contributed by atoms with Crippen LogP contribution in [0.2, 0.25) is 0 Å². The van der Waals surface area contributed by atoms with Gasteiger partial charge in [0, 0.05) is 66.9 Å². The van der Waals surface area contributed by atoms with Gasteiger partial charge >= 0.3 is 5.97 Å². The molecule has 0 spiro atoms. The highest BCUT2D eigenvalue weighted by Gasteiger charge is 2.22. The van der Waals surface area contributed by atoms with E-state index in [1.54, 1.807) is 25.5 Å². The van der Waals surface area contributed by atoms with Crippen LogP contribution in [0.4, 0.5) is 0 Å². The van der Waals surface area contributed by atoms with Gasteiger partial charge in [0.15, 0.2) is 11.6 Å². The first-order valence-electron chi connectivity index (χ1n) is 18.0. The summed E-state index contributed by atoms with van der Waals surface area (Å²) < 4.78 is 0. The molecule has 4 aromatic carbocycles. The molecule has 6 aromatic rings. The van der Waals surface area contributed by atoms with Crippen LogP contribution in [0.5, 0.6) is 0 Å². The molecule has 11 heteroatoms. The molecule has 2 aromatic heterocycles. The number of carboxylic acids is 1. The Morgan fingerprint density at radius 2 is 1.05 bits per heavy atom. The van der Waals surface area contributed by atoms with Crippen molar-refractivity contribution < 1.29 is 24.3 Å². The molecule has 2 atom stereocenters.